The Balaban J connectivity index is 2.46. The highest BCUT2D eigenvalue weighted by Gasteiger charge is 2.05. The third kappa shape index (κ3) is 2.72. The van der Waals surface area contributed by atoms with Crippen LogP contribution in [-0.2, 0) is 6.54 Å². The molecule has 0 unspecified atom stereocenters. The molecule has 0 atom stereocenters. The van der Waals surface area contributed by atoms with Crippen LogP contribution in [-0.4, -0.2) is 4.57 Å². The molecule has 0 aliphatic rings. The number of hydrogen-bond donors (Lipinski definition) is 0. The average molecular weight is 306 g/mol. The van der Waals surface area contributed by atoms with E-state index in [1.807, 2.05) is 19.2 Å². The molecular formula is C15H16BrNO. The van der Waals surface area contributed by atoms with Gasteiger partial charge in [0.05, 0.1) is 6.54 Å². The fraction of sp³-hybridized carbons (Fsp3) is 0.267. The standard InChI is InChI=1S/C15H16BrNO/c1-10-4-5-11(2)13(6-10)8-17-9-14(16)7-12(3)15(17)18/h4-7,9H,8H2,1-3H3. The van der Waals surface area contributed by atoms with Gasteiger partial charge in [-0.25, -0.2) is 0 Å². The molecule has 0 saturated carbocycles. The van der Waals surface area contributed by atoms with E-state index in [4.69, 9.17) is 0 Å². The van der Waals surface area contributed by atoms with Crippen molar-refractivity contribution in [1.82, 2.24) is 4.57 Å². The molecule has 2 nitrogen and oxygen atoms in total. The Morgan fingerprint density at radius 2 is 1.83 bits per heavy atom. The molecule has 18 heavy (non-hydrogen) atoms. The minimum atomic E-state index is 0.0686. The fourth-order valence-electron chi connectivity index (χ4n) is 2.01. The lowest BCUT2D eigenvalue weighted by Gasteiger charge is -2.11. The molecule has 1 heterocycles. The van der Waals surface area contributed by atoms with Gasteiger partial charge in [0.2, 0.25) is 0 Å². The van der Waals surface area contributed by atoms with Crippen LogP contribution in [0.1, 0.15) is 22.3 Å². The van der Waals surface area contributed by atoms with Crippen LogP contribution in [0.4, 0.5) is 0 Å². The Labute approximate surface area is 115 Å². The van der Waals surface area contributed by atoms with Gasteiger partial charge >= 0.3 is 0 Å². The van der Waals surface area contributed by atoms with E-state index in [0.29, 0.717) is 6.54 Å². The van der Waals surface area contributed by atoms with Crippen molar-refractivity contribution >= 4 is 15.9 Å². The Morgan fingerprint density at radius 1 is 1.11 bits per heavy atom. The molecule has 2 aromatic rings. The molecule has 0 bridgehead atoms. The molecule has 0 aliphatic heterocycles. The summed E-state index contributed by atoms with van der Waals surface area (Å²) in [4.78, 5) is 12.1. The Hall–Kier alpha value is -1.35. The topological polar surface area (TPSA) is 22.0 Å². The highest BCUT2D eigenvalue weighted by Crippen LogP contribution is 2.14. The first-order chi connectivity index (χ1) is 8.47. The van der Waals surface area contributed by atoms with E-state index in [1.54, 1.807) is 4.57 Å². The molecule has 0 aliphatic carbocycles. The molecule has 2 rings (SSSR count). The lowest BCUT2D eigenvalue weighted by atomic mass is 10.1. The molecular weight excluding hydrogens is 290 g/mol. The number of benzene rings is 1. The number of hydrogen-bond acceptors (Lipinski definition) is 1. The van der Waals surface area contributed by atoms with Gasteiger partial charge in [-0.3, -0.25) is 4.79 Å². The zero-order chi connectivity index (χ0) is 13.3. The minimum absolute atomic E-state index is 0.0686. The molecule has 0 fully saturated rings. The number of rotatable bonds is 2. The van der Waals surface area contributed by atoms with Gasteiger partial charge in [-0.2, -0.15) is 0 Å². The summed E-state index contributed by atoms with van der Waals surface area (Å²) < 4.78 is 2.69. The van der Waals surface area contributed by atoms with Crippen molar-refractivity contribution < 1.29 is 0 Å². The van der Waals surface area contributed by atoms with E-state index in [0.717, 1.165) is 10.0 Å². The first-order valence-corrected chi connectivity index (χ1v) is 6.69. The van der Waals surface area contributed by atoms with E-state index in [2.05, 4.69) is 48.0 Å². The number of nitrogens with zero attached hydrogens (tertiary/aromatic N) is 1. The van der Waals surface area contributed by atoms with Crippen LogP contribution in [0.5, 0.6) is 0 Å². The summed E-state index contributed by atoms with van der Waals surface area (Å²) in [6, 6.07) is 8.17. The zero-order valence-corrected chi connectivity index (χ0v) is 12.4. The van der Waals surface area contributed by atoms with Gasteiger partial charge in [0.15, 0.2) is 0 Å². The van der Waals surface area contributed by atoms with Gasteiger partial charge in [-0.15, -0.1) is 0 Å². The second kappa shape index (κ2) is 5.11. The number of halogens is 1. The van der Waals surface area contributed by atoms with Gasteiger partial charge in [0.1, 0.15) is 0 Å². The summed E-state index contributed by atoms with van der Waals surface area (Å²) in [5.74, 6) is 0. The lowest BCUT2D eigenvalue weighted by molar-refractivity contribution is 0.744. The smallest absolute Gasteiger partial charge is 0.253 e. The van der Waals surface area contributed by atoms with Crippen molar-refractivity contribution in [3.8, 4) is 0 Å². The summed E-state index contributed by atoms with van der Waals surface area (Å²) in [6.45, 7) is 6.60. The van der Waals surface area contributed by atoms with Gasteiger partial charge in [-0.05, 0) is 53.9 Å². The molecule has 0 saturated heterocycles. The quantitative estimate of drug-likeness (QED) is 0.831. The van der Waals surface area contributed by atoms with Crippen LogP contribution in [0.25, 0.3) is 0 Å². The zero-order valence-electron chi connectivity index (χ0n) is 10.8. The van der Waals surface area contributed by atoms with E-state index in [9.17, 15) is 4.79 Å². The van der Waals surface area contributed by atoms with Crippen molar-refractivity contribution in [2.24, 2.45) is 0 Å². The average Bonchev–Trinajstić information content (AvgIpc) is 2.30. The van der Waals surface area contributed by atoms with Gasteiger partial charge in [0.25, 0.3) is 5.56 Å². The monoisotopic (exact) mass is 305 g/mol. The van der Waals surface area contributed by atoms with Crippen LogP contribution in [0, 0.1) is 20.8 Å². The second-order valence-electron chi connectivity index (χ2n) is 4.70. The van der Waals surface area contributed by atoms with Crippen LogP contribution in [0.2, 0.25) is 0 Å². The Morgan fingerprint density at radius 3 is 2.56 bits per heavy atom. The van der Waals surface area contributed by atoms with Crippen molar-refractivity contribution in [2.45, 2.75) is 27.3 Å². The Kier molecular flexibility index (Phi) is 3.71. The largest absolute Gasteiger partial charge is 0.310 e. The first-order valence-electron chi connectivity index (χ1n) is 5.90. The maximum atomic E-state index is 12.1. The summed E-state index contributed by atoms with van der Waals surface area (Å²) in [6.07, 6.45) is 1.84. The van der Waals surface area contributed by atoms with Crippen molar-refractivity contribution in [3.05, 3.63) is 67.5 Å². The van der Waals surface area contributed by atoms with Crippen LogP contribution in [0.3, 0.4) is 0 Å². The van der Waals surface area contributed by atoms with Gasteiger partial charge in [0, 0.05) is 16.2 Å². The summed E-state index contributed by atoms with van der Waals surface area (Å²) in [5.41, 5.74) is 4.45. The molecule has 1 aromatic heterocycles. The number of aromatic nitrogens is 1. The summed E-state index contributed by atoms with van der Waals surface area (Å²) >= 11 is 3.43. The predicted molar refractivity (Wildman–Crippen MR) is 78.2 cm³/mol. The summed E-state index contributed by atoms with van der Waals surface area (Å²) in [7, 11) is 0. The van der Waals surface area contributed by atoms with Crippen molar-refractivity contribution in [2.75, 3.05) is 0 Å². The third-order valence-electron chi connectivity index (χ3n) is 3.08. The van der Waals surface area contributed by atoms with E-state index in [1.165, 1.54) is 16.7 Å². The highest BCUT2D eigenvalue weighted by atomic mass is 79.9. The minimum Gasteiger partial charge on any atom is -0.310 e. The normalized spacial score (nSPS) is 10.7. The van der Waals surface area contributed by atoms with E-state index in [-0.39, 0.29) is 5.56 Å². The van der Waals surface area contributed by atoms with Crippen molar-refractivity contribution in [1.29, 1.82) is 0 Å². The van der Waals surface area contributed by atoms with Gasteiger partial charge in [-0.1, -0.05) is 23.8 Å². The van der Waals surface area contributed by atoms with E-state index >= 15 is 0 Å². The molecule has 3 heteroatoms. The number of aryl methyl sites for hydroxylation is 3. The molecule has 0 spiro atoms. The summed E-state index contributed by atoms with van der Waals surface area (Å²) in [5, 5.41) is 0. The fourth-order valence-corrected chi connectivity index (χ4v) is 2.60. The number of pyridine rings is 1. The Bertz CT molecular complexity index is 643. The van der Waals surface area contributed by atoms with Crippen molar-refractivity contribution in [3.63, 3.8) is 0 Å². The molecule has 0 amide bonds. The van der Waals surface area contributed by atoms with Gasteiger partial charge < -0.3 is 4.57 Å². The molecule has 0 N–H and O–H groups in total. The highest BCUT2D eigenvalue weighted by molar-refractivity contribution is 9.10. The molecule has 0 radical (unpaired) electrons. The maximum absolute atomic E-state index is 12.1. The molecule has 1 aromatic carbocycles. The maximum Gasteiger partial charge on any atom is 0.253 e. The third-order valence-corrected chi connectivity index (χ3v) is 3.51. The second-order valence-corrected chi connectivity index (χ2v) is 5.62. The van der Waals surface area contributed by atoms with Crippen LogP contribution < -0.4 is 5.56 Å². The van der Waals surface area contributed by atoms with E-state index < -0.39 is 0 Å². The first kappa shape index (κ1) is 13.1. The van der Waals surface area contributed by atoms with Crippen LogP contribution >= 0.6 is 15.9 Å². The lowest BCUT2D eigenvalue weighted by Crippen LogP contribution is -2.22. The predicted octanol–water partition coefficient (Wildman–Crippen LogP) is 3.58. The SMILES string of the molecule is Cc1ccc(C)c(Cn2cc(Br)cc(C)c2=O)c1. The van der Waals surface area contributed by atoms with Crippen LogP contribution in [0.15, 0.2) is 39.7 Å². The molecule has 94 valence electrons.